The second-order valence-corrected chi connectivity index (χ2v) is 5.87. The molecule has 0 bridgehead atoms. The highest BCUT2D eigenvalue weighted by molar-refractivity contribution is 5.94. The first kappa shape index (κ1) is 19.2. The number of carboxylic acids is 1. The van der Waals surface area contributed by atoms with Crippen LogP contribution in [0, 0.1) is 0 Å². The number of carbonyl (C=O) groups excluding carboxylic acids is 2. The summed E-state index contributed by atoms with van der Waals surface area (Å²) in [5, 5.41) is 14.3. The van der Waals surface area contributed by atoms with Crippen molar-refractivity contribution in [3.05, 3.63) is 65.7 Å². The lowest BCUT2D eigenvalue weighted by Crippen LogP contribution is -2.25. The lowest BCUT2D eigenvalue weighted by Gasteiger charge is -2.08. The molecule has 0 atom stereocenters. The van der Waals surface area contributed by atoms with Gasteiger partial charge in [0, 0.05) is 30.6 Å². The summed E-state index contributed by atoms with van der Waals surface area (Å²) in [6, 6.07) is 16.1. The molecule has 2 aromatic rings. The molecule has 0 aliphatic rings. The molecule has 26 heavy (non-hydrogen) atoms. The molecule has 2 rings (SSSR count). The standard InChI is InChI=1S/C20H22N2O4/c23-18(10-5-13-21-20(26)16-7-2-1-3-8-16)22-17-9-4-6-15(14-17)11-12-19(24)25/h1-4,6-9,14H,5,10-13H2,(H,21,26)(H,22,23)(H,24,25). The van der Waals surface area contributed by atoms with E-state index in [2.05, 4.69) is 10.6 Å². The van der Waals surface area contributed by atoms with Crippen molar-refractivity contribution in [2.75, 3.05) is 11.9 Å². The summed E-state index contributed by atoms with van der Waals surface area (Å²) in [5.41, 5.74) is 2.10. The summed E-state index contributed by atoms with van der Waals surface area (Å²) in [6.45, 7) is 0.416. The number of aryl methyl sites for hydroxylation is 1. The van der Waals surface area contributed by atoms with Crippen molar-refractivity contribution in [2.45, 2.75) is 25.7 Å². The summed E-state index contributed by atoms with van der Waals surface area (Å²) in [6.07, 6.45) is 1.29. The maximum absolute atomic E-state index is 12.0. The van der Waals surface area contributed by atoms with Crippen LogP contribution in [0.25, 0.3) is 0 Å². The van der Waals surface area contributed by atoms with Crippen molar-refractivity contribution < 1.29 is 19.5 Å². The fourth-order valence-corrected chi connectivity index (χ4v) is 2.42. The molecule has 0 unspecified atom stereocenters. The van der Waals surface area contributed by atoms with E-state index >= 15 is 0 Å². The second kappa shape index (κ2) is 9.98. The minimum atomic E-state index is -0.850. The van der Waals surface area contributed by atoms with Crippen LogP contribution in [-0.2, 0) is 16.0 Å². The van der Waals surface area contributed by atoms with Crippen LogP contribution in [-0.4, -0.2) is 29.4 Å². The molecule has 0 spiro atoms. The number of rotatable bonds is 9. The van der Waals surface area contributed by atoms with Crippen molar-refractivity contribution in [1.82, 2.24) is 5.32 Å². The molecule has 0 saturated heterocycles. The Kier molecular flexibility index (Phi) is 7.36. The summed E-state index contributed by atoms with van der Waals surface area (Å²) in [4.78, 5) is 34.5. The van der Waals surface area contributed by atoms with E-state index in [9.17, 15) is 14.4 Å². The van der Waals surface area contributed by atoms with E-state index in [-0.39, 0.29) is 24.7 Å². The quantitative estimate of drug-likeness (QED) is 0.603. The molecule has 0 aliphatic carbocycles. The van der Waals surface area contributed by atoms with Crippen LogP contribution >= 0.6 is 0 Å². The molecule has 0 heterocycles. The van der Waals surface area contributed by atoms with Gasteiger partial charge in [-0.25, -0.2) is 0 Å². The van der Waals surface area contributed by atoms with E-state index in [1.165, 1.54) is 0 Å². The van der Waals surface area contributed by atoms with Gasteiger partial charge in [0.25, 0.3) is 5.91 Å². The fraction of sp³-hybridized carbons (Fsp3) is 0.250. The SMILES string of the molecule is O=C(O)CCc1cccc(NC(=O)CCCNC(=O)c2ccccc2)c1. The van der Waals surface area contributed by atoms with Crippen molar-refractivity contribution >= 4 is 23.5 Å². The Balaban J connectivity index is 1.71. The average molecular weight is 354 g/mol. The number of benzene rings is 2. The molecule has 2 amide bonds. The lowest BCUT2D eigenvalue weighted by atomic mass is 10.1. The first-order chi connectivity index (χ1) is 12.5. The predicted octanol–water partition coefficient (Wildman–Crippen LogP) is 2.85. The van der Waals surface area contributed by atoms with Gasteiger partial charge in [0.15, 0.2) is 0 Å². The van der Waals surface area contributed by atoms with Gasteiger partial charge in [-0.3, -0.25) is 14.4 Å². The fourth-order valence-electron chi connectivity index (χ4n) is 2.42. The number of anilines is 1. The van der Waals surface area contributed by atoms with Crippen molar-refractivity contribution in [1.29, 1.82) is 0 Å². The Labute approximate surface area is 152 Å². The number of aliphatic carboxylic acids is 1. The van der Waals surface area contributed by atoms with Crippen LogP contribution in [0.1, 0.15) is 35.2 Å². The number of carboxylic acid groups (broad SMARTS) is 1. The van der Waals surface area contributed by atoms with E-state index in [0.717, 1.165) is 5.56 Å². The third-order valence-corrected chi connectivity index (χ3v) is 3.74. The van der Waals surface area contributed by atoms with E-state index in [0.29, 0.717) is 30.6 Å². The molecule has 0 aromatic heterocycles. The van der Waals surface area contributed by atoms with Gasteiger partial charge in [-0.05, 0) is 42.7 Å². The van der Waals surface area contributed by atoms with Gasteiger partial charge in [-0.1, -0.05) is 30.3 Å². The number of carbonyl (C=O) groups is 3. The Hall–Kier alpha value is -3.15. The maximum Gasteiger partial charge on any atom is 0.303 e. The van der Waals surface area contributed by atoms with Gasteiger partial charge < -0.3 is 15.7 Å². The molecule has 6 heteroatoms. The smallest absolute Gasteiger partial charge is 0.303 e. The lowest BCUT2D eigenvalue weighted by molar-refractivity contribution is -0.137. The normalized spacial score (nSPS) is 10.2. The molecular formula is C20H22N2O4. The Morgan fingerprint density at radius 3 is 2.42 bits per heavy atom. The molecule has 2 aromatic carbocycles. The summed E-state index contributed by atoms with van der Waals surface area (Å²) in [5.74, 6) is -1.15. The van der Waals surface area contributed by atoms with Crippen LogP contribution < -0.4 is 10.6 Å². The van der Waals surface area contributed by atoms with Crippen molar-refractivity contribution in [3.8, 4) is 0 Å². The van der Waals surface area contributed by atoms with Crippen LogP contribution in [0.15, 0.2) is 54.6 Å². The highest BCUT2D eigenvalue weighted by atomic mass is 16.4. The largest absolute Gasteiger partial charge is 0.481 e. The molecule has 0 radical (unpaired) electrons. The highest BCUT2D eigenvalue weighted by Gasteiger charge is 2.06. The van der Waals surface area contributed by atoms with Crippen LogP contribution in [0.5, 0.6) is 0 Å². The number of nitrogens with one attached hydrogen (secondary N) is 2. The predicted molar refractivity (Wildman–Crippen MR) is 99.0 cm³/mol. The molecule has 6 nitrogen and oxygen atoms in total. The zero-order chi connectivity index (χ0) is 18.8. The second-order valence-electron chi connectivity index (χ2n) is 5.87. The van der Waals surface area contributed by atoms with Gasteiger partial charge in [-0.15, -0.1) is 0 Å². The first-order valence-electron chi connectivity index (χ1n) is 8.48. The van der Waals surface area contributed by atoms with Gasteiger partial charge >= 0.3 is 5.97 Å². The monoisotopic (exact) mass is 354 g/mol. The minimum Gasteiger partial charge on any atom is -0.481 e. The van der Waals surface area contributed by atoms with E-state index in [1.807, 2.05) is 12.1 Å². The zero-order valence-electron chi connectivity index (χ0n) is 14.4. The van der Waals surface area contributed by atoms with Gasteiger partial charge in [0.05, 0.1) is 0 Å². The van der Waals surface area contributed by atoms with Crippen molar-refractivity contribution in [2.24, 2.45) is 0 Å². The summed E-state index contributed by atoms with van der Waals surface area (Å²) >= 11 is 0. The van der Waals surface area contributed by atoms with E-state index in [1.54, 1.807) is 42.5 Å². The molecule has 3 N–H and O–H groups in total. The van der Waals surface area contributed by atoms with E-state index in [4.69, 9.17) is 5.11 Å². The third-order valence-electron chi connectivity index (χ3n) is 3.74. The first-order valence-corrected chi connectivity index (χ1v) is 8.48. The summed E-state index contributed by atoms with van der Waals surface area (Å²) < 4.78 is 0. The van der Waals surface area contributed by atoms with Crippen LogP contribution in [0.3, 0.4) is 0 Å². The van der Waals surface area contributed by atoms with Crippen molar-refractivity contribution in [3.63, 3.8) is 0 Å². The molecule has 136 valence electrons. The average Bonchev–Trinajstić information content (AvgIpc) is 2.64. The van der Waals surface area contributed by atoms with Gasteiger partial charge in [0.2, 0.25) is 5.91 Å². The Morgan fingerprint density at radius 1 is 0.923 bits per heavy atom. The highest BCUT2D eigenvalue weighted by Crippen LogP contribution is 2.13. The molecule has 0 saturated carbocycles. The maximum atomic E-state index is 12.0. The summed E-state index contributed by atoms with van der Waals surface area (Å²) in [7, 11) is 0. The van der Waals surface area contributed by atoms with Crippen LogP contribution in [0.4, 0.5) is 5.69 Å². The molecular weight excluding hydrogens is 332 g/mol. The number of hydrogen-bond donors (Lipinski definition) is 3. The van der Waals surface area contributed by atoms with E-state index < -0.39 is 5.97 Å². The van der Waals surface area contributed by atoms with Gasteiger partial charge in [-0.2, -0.15) is 0 Å². The number of amides is 2. The number of hydrogen-bond acceptors (Lipinski definition) is 3. The zero-order valence-corrected chi connectivity index (χ0v) is 14.4. The Bertz CT molecular complexity index is 759. The third kappa shape index (κ3) is 6.76. The van der Waals surface area contributed by atoms with Crippen LogP contribution in [0.2, 0.25) is 0 Å². The molecule has 0 aliphatic heterocycles. The topological polar surface area (TPSA) is 95.5 Å². The minimum absolute atomic E-state index is 0.0541. The Morgan fingerprint density at radius 2 is 1.69 bits per heavy atom. The molecule has 0 fully saturated rings. The van der Waals surface area contributed by atoms with Gasteiger partial charge in [0.1, 0.15) is 0 Å².